The van der Waals surface area contributed by atoms with Crippen LogP contribution in [0.3, 0.4) is 0 Å². The minimum Gasteiger partial charge on any atom is -0.451 e. The van der Waals surface area contributed by atoms with Crippen LogP contribution in [0.5, 0.6) is 0 Å². The number of benzene rings is 2. The van der Waals surface area contributed by atoms with E-state index in [2.05, 4.69) is 10.6 Å². The fraction of sp³-hybridized carbons (Fsp3) is 0.286. The summed E-state index contributed by atoms with van der Waals surface area (Å²) < 4.78 is 5.19. The first kappa shape index (κ1) is 22.5. The van der Waals surface area contributed by atoms with Gasteiger partial charge >= 0.3 is 5.97 Å². The zero-order valence-corrected chi connectivity index (χ0v) is 16.9. The lowest BCUT2D eigenvalue weighted by Crippen LogP contribution is -2.24. The molecule has 2 N–H and O–H groups in total. The molecule has 9 nitrogen and oxygen atoms in total. The molecular formula is C21H23N3O6. The van der Waals surface area contributed by atoms with E-state index in [0.717, 1.165) is 12.5 Å². The lowest BCUT2D eigenvalue weighted by Gasteiger charge is -2.13. The largest absolute Gasteiger partial charge is 0.451 e. The second kappa shape index (κ2) is 10.1. The highest BCUT2D eigenvalue weighted by Crippen LogP contribution is 2.25. The van der Waals surface area contributed by atoms with Gasteiger partial charge < -0.3 is 15.4 Å². The van der Waals surface area contributed by atoms with E-state index in [1.54, 1.807) is 12.1 Å². The monoisotopic (exact) mass is 413 g/mol. The fourth-order valence-corrected chi connectivity index (χ4v) is 2.71. The molecule has 30 heavy (non-hydrogen) atoms. The van der Waals surface area contributed by atoms with E-state index >= 15 is 0 Å². The number of ether oxygens (including phenoxy) is 1. The Kier molecular flexibility index (Phi) is 7.62. The SMILES string of the molecule is CCCC(=O)Nc1ccc(C(=O)[C@H](C)OC(=O)c2ccc(NC)c([N+](=O)[O-])c2)cc1. The van der Waals surface area contributed by atoms with Gasteiger partial charge in [-0.15, -0.1) is 0 Å². The smallest absolute Gasteiger partial charge is 0.339 e. The van der Waals surface area contributed by atoms with Gasteiger partial charge in [-0.1, -0.05) is 6.92 Å². The van der Waals surface area contributed by atoms with Gasteiger partial charge in [0.15, 0.2) is 6.10 Å². The average molecular weight is 413 g/mol. The van der Waals surface area contributed by atoms with Crippen LogP contribution in [0.1, 0.15) is 47.4 Å². The fourth-order valence-electron chi connectivity index (χ4n) is 2.71. The number of ketones is 1. The number of rotatable bonds is 9. The van der Waals surface area contributed by atoms with Crippen LogP contribution in [0, 0.1) is 10.1 Å². The number of hydrogen-bond donors (Lipinski definition) is 2. The molecule has 0 aliphatic heterocycles. The first-order valence-corrected chi connectivity index (χ1v) is 9.38. The highest BCUT2D eigenvalue weighted by atomic mass is 16.6. The first-order chi connectivity index (χ1) is 14.3. The minimum atomic E-state index is -1.10. The summed E-state index contributed by atoms with van der Waals surface area (Å²) in [6.45, 7) is 3.32. The molecule has 0 radical (unpaired) electrons. The van der Waals surface area contributed by atoms with Crippen molar-refractivity contribution in [1.82, 2.24) is 0 Å². The zero-order chi connectivity index (χ0) is 22.3. The Hall–Kier alpha value is -3.75. The first-order valence-electron chi connectivity index (χ1n) is 9.38. The van der Waals surface area contributed by atoms with Gasteiger partial charge in [0.25, 0.3) is 5.69 Å². The third-order valence-corrected chi connectivity index (χ3v) is 4.28. The number of carbonyl (C=O) groups excluding carboxylic acids is 3. The van der Waals surface area contributed by atoms with Crippen molar-refractivity contribution in [2.45, 2.75) is 32.8 Å². The van der Waals surface area contributed by atoms with Crippen LogP contribution in [0.2, 0.25) is 0 Å². The number of nitrogens with zero attached hydrogens (tertiary/aromatic N) is 1. The standard InChI is InChI=1S/C21H23N3O6/c1-4-5-19(25)23-16-9-6-14(7-10-16)20(26)13(2)30-21(27)15-8-11-17(22-3)18(12-15)24(28)29/h6-13,22H,4-5H2,1-3H3,(H,23,25)/t13-/m0/s1. The predicted octanol–water partition coefficient (Wildman–Crippen LogP) is 3.80. The van der Waals surface area contributed by atoms with Crippen molar-refractivity contribution >= 4 is 34.7 Å². The van der Waals surface area contributed by atoms with Crippen LogP contribution in [0.4, 0.5) is 17.1 Å². The highest BCUT2D eigenvalue weighted by molar-refractivity contribution is 6.02. The lowest BCUT2D eigenvalue weighted by molar-refractivity contribution is -0.384. The molecule has 2 rings (SSSR count). The number of anilines is 2. The quantitative estimate of drug-likeness (QED) is 0.277. The van der Waals surface area contributed by atoms with Crippen LogP contribution >= 0.6 is 0 Å². The van der Waals surface area contributed by atoms with Gasteiger partial charge in [-0.2, -0.15) is 0 Å². The van der Waals surface area contributed by atoms with Crippen LogP contribution in [0.15, 0.2) is 42.5 Å². The lowest BCUT2D eigenvalue weighted by atomic mass is 10.1. The number of hydrogen-bond acceptors (Lipinski definition) is 7. The Morgan fingerprint density at radius 3 is 2.30 bits per heavy atom. The Morgan fingerprint density at radius 2 is 1.73 bits per heavy atom. The molecule has 9 heteroatoms. The summed E-state index contributed by atoms with van der Waals surface area (Å²) in [7, 11) is 1.53. The van der Waals surface area contributed by atoms with E-state index < -0.39 is 22.8 Å². The average Bonchev–Trinajstić information content (AvgIpc) is 2.73. The second-order valence-electron chi connectivity index (χ2n) is 6.53. The Morgan fingerprint density at radius 1 is 1.10 bits per heavy atom. The van der Waals surface area contributed by atoms with Crippen LogP contribution in [-0.2, 0) is 9.53 Å². The summed E-state index contributed by atoms with van der Waals surface area (Å²) in [6, 6.07) is 10.1. The van der Waals surface area contributed by atoms with Crippen LogP contribution in [0.25, 0.3) is 0 Å². The Bertz CT molecular complexity index is 956. The van der Waals surface area contributed by atoms with Crippen molar-refractivity contribution in [3.8, 4) is 0 Å². The molecule has 0 fully saturated rings. The molecular weight excluding hydrogens is 390 g/mol. The van der Waals surface area contributed by atoms with Crippen LogP contribution < -0.4 is 10.6 Å². The summed E-state index contributed by atoms with van der Waals surface area (Å²) in [6.07, 6.45) is 0.0360. The number of Topliss-reactive ketones (excluding diaryl/α,β-unsaturated/α-hetero) is 1. The predicted molar refractivity (Wildman–Crippen MR) is 112 cm³/mol. The van der Waals surface area contributed by atoms with E-state index in [-0.39, 0.29) is 22.8 Å². The van der Waals surface area contributed by atoms with Gasteiger partial charge in [-0.05, 0) is 49.7 Å². The van der Waals surface area contributed by atoms with Crippen molar-refractivity contribution in [2.24, 2.45) is 0 Å². The van der Waals surface area contributed by atoms with Crippen molar-refractivity contribution in [1.29, 1.82) is 0 Å². The van der Waals surface area contributed by atoms with Crippen molar-refractivity contribution in [2.75, 3.05) is 17.7 Å². The Labute approximate surface area is 173 Å². The third-order valence-electron chi connectivity index (χ3n) is 4.28. The summed E-state index contributed by atoms with van der Waals surface area (Å²) >= 11 is 0. The molecule has 0 spiro atoms. The maximum atomic E-state index is 12.5. The van der Waals surface area contributed by atoms with E-state index in [1.165, 1.54) is 38.2 Å². The molecule has 0 aliphatic rings. The molecule has 2 aromatic rings. The van der Waals surface area contributed by atoms with Crippen molar-refractivity contribution in [3.05, 3.63) is 63.7 Å². The van der Waals surface area contributed by atoms with Gasteiger partial charge in [0, 0.05) is 30.8 Å². The van der Waals surface area contributed by atoms with E-state index in [9.17, 15) is 24.5 Å². The van der Waals surface area contributed by atoms with Gasteiger partial charge in [-0.25, -0.2) is 4.79 Å². The van der Waals surface area contributed by atoms with Crippen molar-refractivity contribution in [3.63, 3.8) is 0 Å². The maximum Gasteiger partial charge on any atom is 0.339 e. The van der Waals surface area contributed by atoms with Gasteiger partial charge in [0.05, 0.1) is 10.5 Å². The van der Waals surface area contributed by atoms with Gasteiger partial charge in [-0.3, -0.25) is 19.7 Å². The molecule has 1 atom stereocenters. The highest BCUT2D eigenvalue weighted by Gasteiger charge is 2.23. The van der Waals surface area contributed by atoms with Crippen molar-refractivity contribution < 1.29 is 24.0 Å². The molecule has 0 saturated heterocycles. The topological polar surface area (TPSA) is 128 Å². The van der Waals surface area contributed by atoms with E-state index in [4.69, 9.17) is 4.74 Å². The summed E-state index contributed by atoms with van der Waals surface area (Å²) in [5.74, 6) is -1.39. The number of nitrogens with one attached hydrogen (secondary N) is 2. The molecule has 0 heterocycles. The van der Waals surface area contributed by atoms with Gasteiger partial charge in [0.1, 0.15) is 5.69 Å². The molecule has 158 valence electrons. The molecule has 2 aromatic carbocycles. The van der Waals surface area contributed by atoms with E-state index in [0.29, 0.717) is 17.7 Å². The minimum absolute atomic E-state index is 0.0330. The zero-order valence-electron chi connectivity index (χ0n) is 16.9. The summed E-state index contributed by atoms with van der Waals surface area (Å²) in [5, 5.41) is 16.5. The molecule has 0 unspecified atom stereocenters. The third kappa shape index (κ3) is 5.63. The number of nitro groups is 1. The summed E-state index contributed by atoms with van der Waals surface area (Å²) in [5.41, 5.74) is 0.819. The number of amides is 1. The van der Waals surface area contributed by atoms with Gasteiger partial charge in [0.2, 0.25) is 11.7 Å². The molecule has 0 aromatic heterocycles. The molecule has 0 aliphatic carbocycles. The summed E-state index contributed by atoms with van der Waals surface area (Å²) in [4.78, 5) is 47.0. The molecule has 0 saturated carbocycles. The van der Waals surface area contributed by atoms with Crippen LogP contribution in [-0.4, -0.2) is 35.7 Å². The number of nitro benzene ring substituents is 1. The second-order valence-corrected chi connectivity index (χ2v) is 6.53. The Balaban J connectivity index is 2.06. The molecule has 1 amide bonds. The number of carbonyl (C=O) groups is 3. The molecule has 0 bridgehead atoms. The normalized spacial score (nSPS) is 11.3. The van der Waals surface area contributed by atoms with E-state index in [1.807, 2.05) is 6.92 Å². The maximum absolute atomic E-state index is 12.5. The number of esters is 1.